The Morgan fingerprint density at radius 3 is 2.32 bits per heavy atom. The van der Waals surface area contributed by atoms with Crippen LogP contribution in [0.2, 0.25) is 0 Å². The quantitative estimate of drug-likeness (QED) is 0.182. The van der Waals surface area contributed by atoms with Crippen LogP contribution < -0.4 is 21.3 Å². The monoisotopic (exact) mass is 705 g/mol. The van der Waals surface area contributed by atoms with Gasteiger partial charge < -0.3 is 36.3 Å². The van der Waals surface area contributed by atoms with Crippen molar-refractivity contribution in [3.8, 4) is 0 Å². The summed E-state index contributed by atoms with van der Waals surface area (Å²) in [5, 5.41) is 22.0. The van der Waals surface area contributed by atoms with E-state index in [1.165, 1.54) is 12.4 Å². The maximum absolute atomic E-state index is 15.2. The molecule has 4 fully saturated rings. The number of nitrogens with one attached hydrogen (secondary N) is 5. The van der Waals surface area contributed by atoms with Gasteiger partial charge in [0.05, 0.1) is 6.04 Å². The molecule has 7 atom stereocenters. The Balaban J connectivity index is 1.39. The number of hydrogen-bond donors (Lipinski definition) is 6. The molecule has 15 heteroatoms. The van der Waals surface area contributed by atoms with Crippen molar-refractivity contribution in [3.05, 3.63) is 18.2 Å². The van der Waals surface area contributed by atoms with Gasteiger partial charge in [0.15, 0.2) is 11.9 Å². The first-order valence-corrected chi connectivity index (χ1v) is 18.2. The molecule has 278 valence electrons. The first kappa shape index (κ1) is 37.6. The summed E-state index contributed by atoms with van der Waals surface area (Å²) >= 11 is 0. The molecule has 1 aromatic rings. The number of halogens is 2. The van der Waals surface area contributed by atoms with Crippen LogP contribution in [0.15, 0.2) is 12.4 Å². The summed E-state index contributed by atoms with van der Waals surface area (Å²) in [4.78, 5) is 76.3. The van der Waals surface area contributed by atoms with E-state index in [1.807, 2.05) is 6.92 Å². The average molecular weight is 706 g/mol. The molecule has 13 nitrogen and oxygen atoms in total. The Bertz CT molecular complexity index is 1390. The van der Waals surface area contributed by atoms with E-state index < -0.39 is 89.4 Å². The molecular weight excluding hydrogens is 652 g/mol. The Kier molecular flexibility index (Phi) is 11.5. The van der Waals surface area contributed by atoms with Crippen molar-refractivity contribution in [1.82, 2.24) is 36.1 Å². The number of alkyl halides is 2. The number of H-pyrrole nitrogens is 1. The molecule has 0 aromatic carbocycles. The average Bonchev–Trinajstić information content (AvgIpc) is 3.43. The lowest BCUT2D eigenvalue weighted by Gasteiger charge is -2.38. The predicted octanol–water partition coefficient (Wildman–Crippen LogP) is 2.42. The van der Waals surface area contributed by atoms with E-state index in [0.29, 0.717) is 19.3 Å². The zero-order valence-electron chi connectivity index (χ0n) is 29.5. The molecule has 4 aliphatic rings. The lowest BCUT2D eigenvalue weighted by molar-refractivity contribution is -0.146. The largest absolute Gasteiger partial charge is 0.381 e. The highest BCUT2D eigenvalue weighted by atomic mass is 19.3. The molecule has 3 aliphatic carbocycles. The predicted molar refractivity (Wildman–Crippen MR) is 178 cm³/mol. The fourth-order valence-corrected chi connectivity index (χ4v) is 7.92. The van der Waals surface area contributed by atoms with E-state index in [1.54, 1.807) is 20.8 Å². The minimum atomic E-state index is -3.10. The fourth-order valence-electron chi connectivity index (χ4n) is 7.92. The van der Waals surface area contributed by atoms with Gasteiger partial charge in [-0.3, -0.25) is 24.0 Å². The van der Waals surface area contributed by atoms with Crippen LogP contribution in [0, 0.1) is 23.2 Å². The topological polar surface area (TPSA) is 186 Å². The number of fused-ring (bicyclic) bond motifs is 1. The molecule has 2 unspecified atom stereocenters. The van der Waals surface area contributed by atoms with Crippen LogP contribution in [0.1, 0.15) is 109 Å². The molecular formula is C35H53F2N7O6. The summed E-state index contributed by atoms with van der Waals surface area (Å²) in [5.74, 6) is -8.55. The number of aliphatic hydroxyl groups excluding tert-OH is 1. The number of carbonyl (C=O) groups excluding carboxylic acids is 5. The Morgan fingerprint density at radius 1 is 1.02 bits per heavy atom. The summed E-state index contributed by atoms with van der Waals surface area (Å²) < 4.78 is 30.5. The first-order chi connectivity index (χ1) is 23.6. The highest BCUT2D eigenvalue weighted by Gasteiger charge is 2.61. The minimum Gasteiger partial charge on any atom is -0.381 e. The van der Waals surface area contributed by atoms with Gasteiger partial charge in [-0.2, -0.15) is 0 Å². The van der Waals surface area contributed by atoms with Gasteiger partial charge in [0.2, 0.25) is 17.7 Å². The van der Waals surface area contributed by atoms with Crippen molar-refractivity contribution < 1.29 is 37.9 Å². The van der Waals surface area contributed by atoms with E-state index in [2.05, 4.69) is 31.2 Å². The third kappa shape index (κ3) is 8.46. The van der Waals surface area contributed by atoms with Crippen molar-refractivity contribution >= 4 is 29.5 Å². The Morgan fingerprint density at radius 2 is 1.72 bits per heavy atom. The number of aromatic amines is 1. The molecule has 1 saturated heterocycles. The fraction of sp³-hybridized carbons (Fsp3) is 0.771. The molecule has 1 aromatic heterocycles. The van der Waals surface area contributed by atoms with Crippen LogP contribution in [0.5, 0.6) is 0 Å². The number of carbonyl (C=O) groups is 5. The standard InChI is InChI=1S/C35H53F2N7O6/c1-5-9-23(26(45)31(48)40-20-12-13-20)41-30(47)25-21-14-15-35(36,37)22(21)18-44(25)33(50)27(34(2,3)4)43-29(46)24(19-10-7-6-8-11-19)42-32(49)28-38-16-17-39-28/h16-17,19-27,45H,5-15,18H2,1-4H3,(H,38,39)(H,40,48)(H,41,47)(H,42,49)(H,43,46)/t21?,22-,23-,24-,25-,26?,27+/m0/s1. The van der Waals surface area contributed by atoms with Gasteiger partial charge in [0.25, 0.3) is 17.7 Å². The van der Waals surface area contributed by atoms with E-state index in [4.69, 9.17) is 0 Å². The highest BCUT2D eigenvalue weighted by Crippen LogP contribution is 2.51. The molecule has 2 heterocycles. The molecule has 6 N–H and O–H groups in total. The number of aromatic nitrogens is 2. The maximum Gasteiger partial charge on any atom is 0.287 e. The van der Waals surface area contributed by atoms with Gasteiger partial charge in [-0.05, 0) is 55.8 Å². The normalized spacial score (nSPS) is 25.9. The van der Waals surface area contributed by atoms with Gasteiger partial charge in [0.1, 0.15) is 18.1 Å². The number of likely N-dealkylation sites (tertiary alicyclic amines) is 1. The molecule has 1 aliphatic heterocycles. The van der Waals surface area contributed by atoms with Crippen molar-refractivity contribution in [2.24, 2.45) is 23.2 Å². The molecule has 3 saturated carbocycles. The molecule has 5 amide bonds. The maximum atomic E-state index is 15.2. The SMILES string of the molecule is CCC[C@H](NC(=O)[C@@H]1C2CCC(F)(F)[C@H]2CN1C(=O)[C@@H](NC(=O)[C@@H](NC(=O)c1ncc[nH]1)C1CCCCC1)C(C)(C)C)C(O)C(=O)NC1CC1. The lowest BCUT2D eigenvalue weighted by Crippen LogP contribution is -2.62. The lowest BCUT2D eigenvalue weighted by atomic mass is 9.82. The summed E-state index contributed by atoms with van der Waals surface area (Å²) in [6.07, 6.45) is 7.50. The van der Waals surface area contributed by atoms with Crippen LogP contribution in [0.25, 0.3) is 0 Å². The number of imidazole rings is 1. The molecule has 0 radical (unpaired) electrons. The minimum absolute atomic E-state index is 0.0117. The third-order valence-corrected chi connectivity index (χ3v) is 10.9. The second-order valence-corrected chi connectivity index (χ2v) is 15.7. The van der Waals surface area contributed by atoms with Crippen molar-refractivity contribution in [1.29, 1.82) is 0 Å². The van der Waals surface area contributed by atoms with Gasteiger partial charge in [-0.15, -0.1) is 0 Å². The van der Waals surface area contributed by atoms with E-state index in [-0.39, 0.29) is 37.2 Å². The second-order valence-electron chi connectivity index (χ2n) is 15.7. The highest BCUT2D eigenvalue weighted by molar-refractivity contribution is 5.97. The molecule has 0 spiro atoms. The molecule has 5 rings (SSSR count). The number of rotatable bonds is 13. The van der Waals surface area contributed by atoms with Crippen LogP contribution in [-0.4, -0.2) is 98.3 Å². The summed E-state index contributed by atoms with van der Waals surface area (Å²) in [6, 6.07) is -4.51. The van der Waals surface area contributed by atoms with Gasteiger partial charge in [0, 0.05) is 37.3 Å². The van der Waals surface area contributed by atoms with E-state index in [9.17, 15) is 29.1 Å². The summed E-state index contributed by atoms with van der Waals surface area (Å²) in [5.41, 5.74) is -0.919. The van der Waals surface area contributed by atoms with Crippen LogP contribution >= 0.6 is 0 Å². The van der Waals surface area contributed by atoms with Gasteiger partial charge in [-0.1, -0.05) is 53.4 Å². The van der Waals surface area contributed by atoms with Crippen molar-refractivity contribution in [2.75, 3.05) is 6.54 Å². The molecule has 0 bridgehead atoms. The molecule has 50 heavy (non-hydrogen) atoms. The Labute approximate surface area is 291 Å². The number of hydrogen-bond acceptors (Lipinski definition) is 7. The first-order valence-electron chi connectivity index (χ1n) is 18.2. The Hall–Kier alpha value is -3.62. The zero-order valence-corrected chi connectivity index (χ0v) is 29.5. The number of amides is 5. The van der Waals surface area contributed by atoms with Crippen molar-refractivity contribution in [3.63, 3.8) is 0 Å². The van der Waals surface area contributed by atoms with Gasteiger partial charge >= 0.3 is 0 Å². The third-order valence-electron chi connectivity index (χ3n) is 10.9. The van der Waals surface area contributed by atoms with Crippen LogP contribution in [0.4, 0.5) is 8.78 Å². The van der Waals surface area contributed by atoms with E-state index in [0.717, 1.165) is 37.0 Å². The summed E-state index contributed by atoms with van der Waals surface area (Å²) in [6.45, 7) is 6.65. The van der Waals surface area contributed by atoms with Crippen molar-refractivity contribution in [2.45, 2.75) is 141 Å². The smallest absolute Gasteiger partial charge is 0.287 e. The summed E-state index contributed by atoms with van der Waals surface area (Å²) in [7, 11) is 0. The zero-order chi connectivity index (χ0) is 36.4. The van der Waals surface area contributed by atoms with E-state index >= 15 is 8.78 Å². The number of aliphatic hydroxyl groups is 1. The second kappa shape index (κ2) is 15.3. The van der Waals surface area contributed by atoms with Gasteiger partial charge in [-0.25, -0.2) is 13.8 Å². The van der Waals surface area contributed by atoms with Crippen LogP contribution in [-0.2, 0) is 19.2 Å². The van der Waals surface area contributed by atoms with Crippen LogP contribution in [0.3, 0.4) is 0 Å². The number of nitrogens with zero attached hydrogens (tertiary/aromatic N) is 2.